The van der Waals surface area contributed by atoms with Crippen molar-refractivity contribution in [3.05, 3.63) is 52.1 Å². The van der Waals surface area contributed by atoms with E-state index in [0.29, 0.717) is 55.4 Å². The zero-order valence-corrected chi connectivity index (χ0v) is 22.6. The van der Waals surface area contributed by atoms with E-state index in [0.717, 1.165) is 16.7 Å². The number of nitrogens with zero attached hydrogens (tertiary/aromatic N) is 5. The summed E-state index contributed by atoms with van der Waals surface area (Å²) in [6.45, 7) is 0.854. The SMILES string of the molecule is CS(=O)(=O)N1CCC(CCc2c(-c3ccc(C(F)(F)F)cn3)nn(-c3nc4cc(Br)ccc4[nH]3)c2O)CC1. The molecule has 0 unspecified atom stereocenters. The molecule has 1 fully saturated rings. The van der Waals surface area contributed by atoms with Crippen molar-refractivity contribution in [3.8, 4) is 23.2 Å². The van der Waals surface area contributed by atoms with E-state index in [1.54, 1.807) is 6.07 Å². The highest BCUT2D eigenvalue weighted by Gasteiger charge is 2.32. The fourth-order valence-electron chi connectivity index (χ4n) is 4.67. The first-order valence-electron chi connectivity index (χ1n) is 11.9. The van der Waals surface area contributed by atoms with E-state index in [2.05, 4.69) is 36.0 Å². The van der Waals surface area contributed by atoms with E-state index in [1.807, 2.05) is 12.1 Å². The van der Waals surface area contributed by atoms with Crippen LogP contribution in [0.5, 0.6) is 5.88 Å². The van der Waals surface area contributed by atoms with Crippen molar-refractivity contribution in [3.63, 3.8) is 0 Å². The number of aromatic nitrogens is 5. The Bertz CT molecular complexity index is 1580. The largest absolute Gasteiger partial charge is 0.493 e. The number of aromatic amines is 1. The molecule has 3 aromatic heterocycles. The molecule has 4 heterocycles. The Labute approximate surface area is 224 Å². The van der Waals surface area contributed by atoms with Crippen LogP contribution >= 0.6 is 15.9 Å². The summed E-state index contributed by atoms with van der Waals surface area (Å²) in [5.41, 5.74) is 1.35. The van der Waals surface area contributed by atoms with Crippen molar-refractivity contribution in [1.29, 1.82) is 0 Å². The van der Waals surface area contributed by atoms with Crippen LogP contribution in [0.1, 0.15) is 30.4 Å². The number of benzene rings is 1. The van der Waals surface area contributed by atoms with Gasteiger partial charge < -0.3 is 10.1 Å². The molecule has 0 amide bonds. The van der Waals surface area contributed by atoms with Gasteiger partial charge >= 0.3 is 6.18 Å². The number of pyridine rings is 1. The minimum atomic E-state index is -4.53. The molecule has 202 valence electrons. The molecular weight excluding hydrogens is 589 g/mol. The highest BCUT2D eigenvalue weighted by Crippen LogP contribution is 2.35. The fraction of sp³-hybridized carbons (Fsp3) is 0.375. The molecule has 4 aromatic rings. The number of halogens is 4. The van der Waals surface area contributed by atoms with Crippen molar-refractivity contribution in [2.75, 3.05) is 19.3 Å². The van der Waals surface area contributed by atoms with Gasteiger partial charge in [0.25, 0.3) is 0 Å². The third kappa shape index (κ3) is 5.43. The minimum absolute atomic E-state index is 0.187. The third-order valence-corrected chi connectivity index (χ3v) is 8.56. The first-order chi connectivity index (χ1) is 17.9. The Morgan fingerprint density at radius 3 is 2.55 bits per heavy atom. The number of sulfonamides is 1. The average Bonchev–Trinajstić information content (AvgIpc) is 3.42. The van der Waals surface area contributed by atoms with Gasteiger partial charge in [0, 0.05) is 29.3 Å². The van der Waals surface area contributed by atoms with Gasteiger partial charge in [-0.3, -0.25) is 4.98 Å². The number of alkyl halides is 3. The van der Waals surface area contributed by atoms with Crippen molar-refractivity contribution in [2.24, 2.45) is 5.92 Å². The topological polar surface area (TPSA) is 117 Å². The van der Waals surface area contributed by atoms with Crippen LogP contribution in [-0.4, -0.2) is 61.9 Å². The first-order valence-corrected chi connectivity index (χ1v) is 14.5. The molecule has 38 heavy (non-hydrogen) atoms. The van der Waals surface area contributed by atoms with Crippen LogP contribution in [0.3, 0.4) is 0 Å². The van der Waals surface area contributed by atoms with E-state index in [1.165, 1.54) is 21.3 Å². The number of H-pyrrole nitrogens is 1. The number of aromatic hydroxyl groups is 1. The average molecular weight is 613 g/mol. The van der Waals surface area contributed by atoms with E-state index in [-0.39, 0.29) is 29.1 Å². The van der Waals surface area contributed by atoms with Crippen LogP contribution in [0.25, 0.3) is 28.4 Å². The number of piperidine rings is 1. The lowest BCUT2D eigenvalue weighted by Gasteiger charge is -2.30. The maximum absolute atomic E-state index is 13.1. The summed E-state index contributed by atoms with van der Waals surface area (Å²) in [5.74, 6) is 0.276. The Morgan fingerprint density at radius 1 is 1.18 bits per heavy atom. The number of hydrogen-bond donors (Lipinski definition) is 2. The lowest BCUT2D eigenvalue weighted by molar-refractivity contribution is -0.137. The number of imidazole rings is 1. The molecule has 0 aliphatic carbocycles. The van der Waals surface area contributed by atoms with Crippen LogP contribution in [0.4, 0.5) is 13.2 Å². The molecule has 1 aliphatic heterocycles. The molecule has 2 N–H and O–H groups in total. The van der Waals surface area contributed by atoms with Gasteiger partial charge in [-0.2, -0.15) is 23.0 Å². The van der Waals surface area contributed by atoms with Gasteiger partial charge in [-0.15, -0.1) is 0 Å². The van der Waals surface area contributed by atoms with E-state index in [4.69, 9.17) is 0 Å². The summed E-state index contributed by atoms with van der Waals surface area (Å²) < 4.78 is 66.4. The zero-order chi connectivity index (χ0) is 27.2. The quantitative estimate of drug-likeness (QED) is 0.320. The van der Waals surface area contributed by atoms with Gasteiger partial charge in [0.2, 0.25) is 21.9 Å². The summed E-state index contributed by atoms with van der Waals surface area (Å²) in [6, 6.07) is 7.63. The predicted molar refractivity (Wildman–Crippen MR) is 138 cm³/mol. The smallest absolute Gasteiger partial charge is 0.417 e. The van der Waals surface area contributed by atoms with Crippen molar-refractivity contribution >= 4 is 37.0 Å². The molecule has 0 atom stereocenters. The third-order valence-electron chi connectivity index (χ3n) is 6.77. The first kappa shape index (κ1) is 26.6. The summed E-state index contributed by atoms with van der Waals surface area (Å²) in [6.07, 6.45) is -0.229. The number of nitrogens with one attached hydrogen (secondary N) is 1. The van der Waals surface area contributed by atoms with Gasteiger partial charge in [0.1, 0.15) is 5.69 Å². The Morgan fingerprint density at radius 2 is 1.92 bits per heavy atom. The molecule has 1 aromatic carbocycles. The van der Waals surface area contributed by atoms with Gasteiger partial charge in [-0.1, -0.05) is 15.9 Å². The number of fused-ring (bicyclic) bond motifs is 1. The van der Waals surface area contributed by atoms with Crippen molar-refractivity contribution < 1.29 is 26.7 Å². The standard InChI is InChI=1S/C24H24BrF3N6O3S/c1-38(36,37)33-10-8-14(9-11-33)2-5-17-21(19-6-3-15(13-29-19)24(26,27)28)32-34(22(17)35)23-30-18-7-4-16(25)12-20(18)31-23/h3-4,6-7,12-14,35H,2,5,8-11H2,1H3,(H,30,31). The van der Waals surface area contributed by atoms with Gasteiger partial charge in [-0.25, -0.2) is 17.7 Å². The monoisotopic (exact) mass is 612 g/mol. The lowest BCUT2D eigenvalue weighted by Crippen LogP contribution is -2.37. The normalized spacial score (nSPS) is 15.9. The molecule has 0 bridgehead atoms. The second-order valence-electron chi connectivity index (χ2n) is 9.36. The molecule has 0 radical (unpaired) electrons. The maximum Gasteiger partial charge on any atom is 0.417 e. The van der Waals surface area contributed by atoms with Crippen LogP contribution in [-0.2, 0) is 22.6 Å². The molecule has 1 aliphatic rings. The van der Waals surface area contributed by atoms with E-state index in [9.17, 15) is 26.7 Å². The Balaban J connectivity index is 1.47. The van der Waals surface area contributed by atoms with Crippen LogP contribution < -0.4 is 0 Å². The minimum Gasteiger partial charge on any atom is -0.493 e. The molecule has 14 heteroatoms. The molecule has 0 saturated carbocycles. The van der Waals surface area contributed by atoms with E-state index >= 15 is 0 Å². The summed E-state index contributed by atoms with van der Waals surface area (Å²) in [7, 11) is -3.24. The number of hydrogen-bond acceptors (Lipinski definition) is 6. The Kier molecular flexibility index (Phi) is 6.99. The van der Waals surface area contributed by atoms with Crippen molar-refractivity contribution in [2.45, 2.75) is 31.9 Å². The summed E-state index contributed by atoms with van der Waals surface area (Å²) in [4.78, 5) is 11.6. The van der Waals surface area contributed by atoms with Crippen LogP contribution in [0, 0.1) is 5.92 Å². The second kappa shape index (κ2) is 9.97. The fourth-order valence-corrected chi connectivity index (χ4v) is 5.89. The predicted octanol–water partition coefficient (Wildman–Crippen LogP) is 4.90. The van der Waals surface area contributed by atoms with Crippen molar-refractivity contribution in [1.82, 2.24) is 29.0 Å². The lowest BCUT2D eigenvalue weighted by atomic mass is 9.91. The van der Waals surface area contributed by atoms with Gasteiger partial charge in [0.05, 0.1) is 28.5 Å². The Hall–Kier alpha value is -2.97. The number of rotatable bonds is 6. The molecule has 9 nitrogen and oxygen atoms in total. The van der Waals surface area contributed by atoms with Crippen LogP contribution in [0.15, 0.2) is 41.0 Å². The highest BCUT2D eigenvalue weighted by molar-refractivity contribution is 9.10. The second-order valence-corrected chi connectivity index (χ2v) is 12.3. The summed E-state index contributed by atoms with van der Waals surface area (Å²) in [5, 5.41) is 15.7. The summed E-state index contributed by atoms with van der Waals surface area (Å²) >= 11 is 3.40. The zero-order valence-electron chi connectivity index (χ0n) is 20.2. The van der Waals surface area contributed by atoms with Gasteiger partial charge in [-0.05, 0) is 61.9 Å². The maximum atomic E-state index is 13.1. The molecule has 0 spiro atoms. The van der Waals surface area contributed by atoms with Gasteiger partial charge in [0.15, 0.2) is 0 Å². The molecule has 5 rings (SSSR count). The van der Waals surface area contributed by atoms with E-state index < -0.39 is 21.8 Å². The highest BCUT2D eigenvalue weighted by atomic mass is 79.9. The molecule has 1 saturated heterocycles. The van der Waals surface area contributed by atoms with Crippen LogP contribution in [0.2, 0.25) is 0 Å². The molecular formula is C24H24BrF3N6O3S.